The molecule has 0 fully saturated rings. The number of rotatable bonds is 18. The van der Waals surface area contributed by atoms with E-state index in [1.54, 1.807) is 0 Å². The molecule has 4 N–H and O–H groups in total. The van der Waals surface area contributed by atoms with Crippen molar-refractivity contribution >= 4 is 0 Å². The maximum atomic E-state index is 11.9. The van der Waals surface area contributed by atoms with E-state index in [-0.39, 0.29) is 19.9 Å². The van der Waals surface area contributed by atoms with Crippen LogP contribution < -0.4 is 5.73 Å². The lowest BCUT2D eigenvalue weighted by molar-refractivity contribution is 0.112. The number of alkyl halides is 1. The predicted molar refractivity (Wildman–Crippen MR) is 96.3 cm³/mol. The highest BCUT2D eigenvalue weighted by Crippen LogP contribution is 2.15. The van der Waals surface area contributed by atoms with E-state index < -0.39 is 5.54 Å². The molecule has 0 aliphatic rings. The average Bonchev–Trinajstić information content (AvgIpc) is 2.58. The second-order valence-electron chi connectivity index (χ2n) is 7.07. The Hall–Kier alpha value is -0.190. The summed E-state index contributed by atoms with van der Waals surface area (Å²) < 4.78 is 11.9. The predicted octanol–water partition coefficient (Wildman–Crippen LogP) is 4.49. The number of nitrogens with two attached hydrogens (primary N) is 1. The lowest BCUT2D eigenvalue weighted by atomic mass is 9.94. The highest BCUT2D eigenvalue weighted by Gasteiger charge is 2.21. The van der Waals surface area contributed by atoms with E-state index >= 15 is 0 Å². The summed E-state index contributed by atoms with van der Waals surface area (Å²) in [5.74, 6) is 0. The van der Waals surface area contributed by atoms with E-state index in [0.717, 1.165) is 25.7 Å². The van der Waals surface area contributed by atoms with Crippen LogP contribution in [0.5, 0.6) is 0 Å². The van der Waals surface area contributed by atoms with Crippen molar-refractivity contribution in [2.24, 2.45) is 5.73 Å². The SMILES string of the molecule is NC(CO)(CO)CCCCCCCCCCCCCCCC[18F]. The highest BCUT2D eigenvalue weighted by atomic mass is 18.2. The normalized spacial score (nSPS) is 12.0. The molecule has 0 atom stereocenters. The van der Waals surface area contributed by atoms with E-state index in [1.807, 2.05) is 0 Å². The number of aliphatic hydroxyl groups is 2. The van der Waals surface area contributed by atoms with Crippen LogP contribution in [0, 0.1) is 0 Å². The minimum atomic E-state index is -0.786. The highest BCUT2D eigenvalue weighted by molar-refractivity contribution is 4.81. The van der Waals surface area contributed by atoms with Crippen molar-refractivity contribution in [3.63, 3.8) is 0 Å². The van der Waals surface area contributed by atoms with Crippen LogP contribution in [0.3, 0.4) is 0 Å². The fraction of sp³-hybridized carbons (Fsp3) is 1.00. The molecule has 0 aromatic carbocycles. The van der Waals surface area contributed by atoms with E-state index in [9.17, 15) is 4.39 Å². The number of halogens is 1. The summed E-state index contributed by atoms with van der Waals surface area (Å²) >= 11 is 0. The summed E-state index contributed by atoms with van der Waals surface area (Å²) in [7, 11) is 0. The molecule has 0 heterocycles. The lowest BCUT2D eigenvalue weighted by Gasteiger charge is -2.24. The number of aliphatic hydroxyl groups excluding tert-OH is 2. The fourth-order valence-electron chi connectivity index (χ4n) is 2.90. The van der Waals surface area contributed by atoms with Crippen LogP contribution in [-0.4, -0.2) is 35.6 Å². The van der Waals surface area contributed by atoms with Crippen LogP contribution in [0.4, 0.5) is 4.39 Å². The van der Waals surface area contributed by atoms with Crippen molar-refractivity contribution in [3.05, 3.63) is 0 Å². The van der Waals surface area contributed by atoms with Crippen molar-refractivity contribution in [1.82, 2.24) is 0 Å². The second-order valence-corrected chi connectivity index (χ2v) is 7.07. The third-order valence-corrected chi connectivity index (χ3v) is 4.69. The molecule has 0 unspecified atom stereocenters. The van der Waals surface area contributed by atoms with Gasteiger partial charge < -0.3 is 15.9 Å². The number of unbranched alkanes of at least 4 members (excludes halogenated alkanes) is 13. The van der Waals surface area contributed by atoms with Crippen LogP contribution in [-0.2, 0) is 0 Å². The van der Waals surface area contributed by atoms with Gasteiger partial charge in [0.25, 0.3) is 0 Å². The minimum absolute atomic E-state index is 0.140. The Morgan fingerprint density at radius 1 is 0.565 bits per heavy atom. The summed E-state index contributed by atoms with van der Waals surface area (Å²) in [4.78, 5) is 0. The Balaban J connectivity index is 3.14. The van der Waals surface area contributed by atoms with Crippen molar-refractivity contribution in [2.45, 2.75) is 102 Å². The Bertz CT molecular complexity index is 235. The van der Waals surface area contributed by atoms with Gasteiger partial charge in [-0.2, -0.15) is 0 Å². The molecule has 0 saturated carbocycles. The molecule has 0 amide bonds. The van der Waals surface area contributed by atoms with Crippen LogP contribution in [0.1, 0.15) is 96.3 Å². The van der Waals surface area contributed by atoms with Crippen molar-refractivity contribution in [1.29, 1.82) is 0 Å². The van der Waals surface area contributed by atoms with Crippen LogP contribution >= 0.6 is 0 Å². The molecule has 0 aromatic heterocycles. The van der Waals surface area contributed by atoms with Gasteiger partial charge in [0.15, 0.2) is 0 Å². The van der Waals surface area contributed by atoms with Crippen molar-refractivity contribution < 1.29 is 14.6 Å². The van der Waals surface area contributed by atoms with Gasteiger partial charge in [-0.15, -0.1) is 0 Å². The molecule has 0 spiro atoms. The molecule has 0 aliphatic carbocycles. The van der Waals surface area contributed by atoms with Gasteiger partial charge in [-0.1, -0.05) is 83.5 Å². The molecule has 140 valence electrons. The molecule has 3 nitrogen and oxygen atoms in total. The molecular formula is C19H40FNO2. The third kappa shape index (κ3) is 15.1. The van der Waals surface area contributed by atoms with Gasteiger partial charge in [0.2, 0.25) is 0 Å². The summed E-state index contributed by atoms with van der Waals surface area (Å²) in [6.45, 7) is -0.436. The minimum Gasteiger partial charge on any atom is -0.394 e. The first-order valence-corrected chi connectivity index (χ1v) is 9.75. The van der Waals surface area contributed by atoms with Gasteiger partial charge in [0.1, 0.15) is 0 Å². The molecule has 0 saturated heterocycles. The molecule has 0 aliphatic heterocycles. The molecule has 0 bridgehead atoms. The first-order chi connectivity index (χ1) is 11.2. The van der Waals surface area contributed by atoms with Crippen LogP contribution in [0.15, 0.2) is 0 Å². The van der Waals surface area contributed by atoms with Gasteiger partial charge in [-0.05, 0) is 12.8 Å². The number of hydrogen-bond donors (Lipinski definition) is 3. The first kappa shape index (κ1) is 22.8. The topological polar surface area (TPSA) is 66.5 Å². The smallest absolute Gasteiger partial charge is 0.0894 e. The Morgan fingerprint density at radius 2 is 0.870 bits per heavy atom. The van der Waals surface area contributed by atoms with Gasteiger partial charge in [-0.3, -0.25) is 4.39 Å². The van der Waals surface area contributed by atoms with Gasteiger partial charge in [0.05, 0.1) is 25.4 Å². The number of hydrogen-bond acceptors (Lipinski definition) is 3. The maximum absolute atomic E-state index is 11.9. The van der Waals surface area contributed by atoms with E-state index in [2.05, 4.69) is 0 Å². The maximum Gasteiger partial charge on any atom is 0.0894 e. The largest absolute Gasteiger partial charge is 0.394 e. The standard InChI is InChI=1S/C19H40FNO2/c20-16-14-12-10-8-6-4-2-1-3-5-7-9-11-13-15-19(21,17-22)18-23/h22-23H,1-18,21H2/i20-1. The van der Waals surface area contributed by atoms with E-state index in [1.165, 1.54) is 64.2 Å². The monoisotopic (exact) mass is 332 g/mol. The summed E-state index contributed by atoms with van der Waals surface area (Å²) in [6.07, 6.45) is 17.5. The second kappa shape index (κ2) is 16.7. The van der Waals surface area contributed by atoms with Gasteiger partial charge in [0, 0.05) is 0 Å². The molecule has 0 aromatic rings. The van der Waals surface area contributed by atoms with Crippen LogP contribution in [0.2, 0.25) is 0 Å². The zero-order valence-electron chi connectivity index (χ0n) is 15.1. The average molecular weight is 333 g/mol. The molecule has 23 heavy (non-hydrogen) atoms. The van der Waals surface area contributed by atoms with E-state index in [0.29, 0.717) is 6.42 Å². The van der Waals surface area contributed by atoms with Crippen molar-refractivity contribution in [3.8, 4) is 0 Å². The summed E-state index contributed by atoms with van der Waals surface area (Å²) in [6, 6.07) is 0. The zero-order valence-corrected chi connectivity index (χ0v) is 15.1. The quantitative estimate of drug-likeness (QED) is 0.324. The molecule has 4 heteroatoms. The molecule has 0 radical (unpaired) electrons. The first-order valence-electron chi connectivity index (χ1n) is 9.75. The Kier molecular flexibility index (Phi) is 16.5. The zero-order chi connectivity index (χ0) is 17.2. The molecule has 0 rings (SSSR count). The fourth-order valence-corrected chi connectivity index (χ4v) is 2.90. The van der Waals surface area contributed by atoms with E-state index in [4.69, 9.17) is 15.9 Å². The lowest BCUT2D eigenvalue weighted by Crippen LogP contribution is -2.47. The van der Waals surface area contributed by atoms with Gasteiger partial charge in [-0.25, -0.2) is 0 Å². The Morgan fingerprint density at radius 3 is 1.17 bits per heavy atom. The third-order valence-electron chi connectivity index (χ3n) is 4.69. The molecular weight excluding hydrogens is 292 g/mol. The van der Waals surface area contributed by atoms with Gasteiger partial charge >= 0.3 is 0 Å². The van der Waals surface area contributed by atoms with Crippen LogP contribution in [0.25, 0.3) is 0 Å². The summed E-state index contributed by atoms with van der Waals surface area (Å²) in [5, 5.41) is 18.2. The Labute approximate surface area is 142 Å². The summed E-state index contributed by atoms with van der Waals surface area (Å²) in [5.41, 5.74) is 5.05. The van der Waals surface area contributed by atoms with Crippen molar-refractivity contribution in [2.75, 3.05) is 19.9 Å².